The van der Waals surface area contributed by atoms with E-state index < -0.39 is 5.97 Å². The lowest BCUT2D eigenvalue weighted by molar-refractivity contribution is 0.0692. The molecule has 0 fully saturated rings. The van der Waals surface area contributed by atoms with Gasteiger partial charge >= 0.3 is 5.97 Å². The number of hydrogen-bond acceptors (Lipinski definition) is 4. The average Bonchev–Trinajstić information content (AvgIpc) is 2.09. The molecule has 0 spiro atoms. The molecule has 1 rings (SSSR count). The molecule has 0 aliphatic heterocycles. The number of nitrogens with two attached hydrogens (primary N) is 2. The monoisotopic (exact) mass is 196 g/mol. The molecule has 0 saturated heterocycles. The highest BCUT2D eigenvalue weighted by Gasteiger charge is 2.14. The number of benzene rings is 1. The van der Waals surface area contributed by atoms with Crippen molar-refractivity contribution in [2.45, 2.75) is 6.92 Å². The van der Waals surface area contributed by atoms with Crippen molar-refractivity contribution in [2.24, 2.45) is 0 Å². The summed E-state index contributed by atoms with van der Waals surface area (Å²) in [6, 6.07) is 2.79. The lowest BCUT2D eigenvalue weighted by Gasteiger charge is -2.10. The maximum Gasteiger partial charge on any atom is 0.339 e. The second kappa shape index (κ2) is 3.87. The van der Waals surface area contributed by atoms with Crippen LogP contribution in [0.2, 0.25) is 0 Å². The van der Waals surface area contributed by atoms with E-state index in [1.165, 1.54) is 12.1 Å². The molecule has 0 aliphatic rings. The van der Waals surface area contributed by atoms with Gasteiger partial charge in [0.05, 0.1) is 12.3 Å². The zero-order valence-corrected chi connectivity index (χ0v) is 7.78. The van der Waals surface area contributed by atoms with Crippen LogP contribution in [-0.2, 0) is 0 Å². The number of nitrogen functional groups attached to an aromatic ring is 2. The van der Waals surface area contributed by atoms with E-state index in [1.54, 1.807) is 6.92 Å². The zero-order chi connectivity index (χ0) is 10.7. The van der Waals surface area contributed by atoms with Crippen LogP contribution in [0, 0.1) is 0 Å². The van der Waals surface area contributed by atoms with Crippen LogP contribution in [0.4, 0.5) is 11.4 Å². The smallest absolute Gasteiger partial charge is 0.339 e. The lowest BCUT2D eigenvalue weighted by Crippen LogP contribution is -2.06. The number of aromatic carboxylic acids is 1. The summed E-state index contributed by atoms with van der Waals surface area (Å²) in [5.41, 5.74) is 11.6. The first-order valence-electron chi connectivity index (χ1n) is 4.11. The van der Waals surface area contributed by atoms with Crippen LogP contribution in [0.3, 0.4) is 0 Å². The van der Waals surface area contributed by atoms with Gasteiger partial charge in [0, 0.05) is 5.69 Å². The molecule has 5 nitrogen and oxygen atoms in total. The summed E-state index contributed by atoms with van der Waals surface area (Å²) in [4.78, 5) is 10.8. The Kier molecular flexibility index (Phi) is 2.81. The summed E-state index contributed by atoms with van der Waals surface area (Å²) in [5, 5.41) is 8.85. The van der Waals surface area contributed by atoms with Gasteiger partial charge in [-0.05, 0) is 19.1 Å². The van der Waals surface area contributed by atoms with Crippen LogP contribution in [0.15, 0.2) is 12.1 Å². The van der Waals surface area contributed by atoms with Crippen LogP contribution < -0.4 is 16.2 Å². The van der Waals surface area contributed by atoms with E-state index in [4.69, 9.17) is 21.3 Å². The third-order valence-corrected chi connectivity index (χ3v) is 1.66. The Balaban J connectivity index is 3.28. The number of carboxylic acids is 1. The number of carbonyl (C=O) groups is 1. The maximum absolute atomic E-state index is 10.8. The molecule has 1 aromatic rings. The first-order chi connectivity index (χ1) is 6.56. The third-order valence-electron chi connectivity index (χ3n) is 1.66. The molecule has 14 heavy (non-hydrogen) atoms. The Morgan fingerprint density at radius 2 is 2.14 bits per heavy atom. The Morgan fingerprint density at radius 3 is 2.64 bits per heavy atom. The van der Waals surface area contributed by atoms with Gasteiger partial charge in [0.1, 0.15) is 5.56 Å². The SMILES string of the molecule is CCOc1c(N)cc(N)cc1C(=O)O. The molecule has 0 radical (unpaired) electrons. The van der Waals surface area contributed by atoms with Crippen LogP contribution in [0.25, 0.3) is 0 Å². The standard InChI is InChI=1S/C9H12N2O3/c1-2-14-8-6(9(12)13)3-5(10)4-7(8)11/h3-4H,2,10-11H2,1H3,(H,12,13). The first kappa shape index (κ1) is 10.2. The minimum atomic E-state index is -1.10. The van der Waals surface area contributed by atoms with E-state index in [2.05, 4.69) is 0 Å². The van der Waals surface area contributed by atoms with Gasteiger partial charge in [-0.15, -0.1) is 0 Å². The van der Waals surface area contributed by atoms with Crippen molar-refractivity contribution in [1.82, 2.24) is 0 Å². The molecular weight excluding hydrogens is 184 g/mol. The van der Waals surface area contributed by atoms with Crippen molar-refractivity contribution in [3.05, 3.63) is 17.7 Å². The molecule has 0 bridgehead atoms. The molecule has 0 amide bonds. The highest BCUT2D eigenvalue weighted by Crippen LogP contribution is 2.29. The van der Waals surface area contributed by atoms with E-state index in [-0.39, 0.29) is 17.0 Å². The molecule has 0 aliphatic carbocycles. The van der Waals surface area contributed by atoms with Gasteiger partial charge in [-0.2, -0.15) is 0 Å². The Labute approximate surface area is 81.3 Å². The summed E-state index contributed by atoms with van der Waals surface area (Å²) in [6.07, 6.45) is 0. The van der Waals surface area contributed by atoms with Gasteiger partial charge in [-0.3, -0.25) is 0 Å². The van der Waals surface area contributed by atoms with Gasteiger partial charge < -0.3 is 21.3 Å². The summed E-state index contributed by atoms with van der Waals surface area (Å²) >= 11 is 0. The van der Waals surface area contributed by atoms with E-state index in [9.17, 15) is 4.79 Å². The Bertz CT molecular complexity index is 363. The van der Waals surface area contributed by atoms with Crippen LogP contribution in [0.1, 0.15) is 17.3 Å². The fourth-order valence-electron chi connectivity index (χ4n) is 1.14. The number of carboxylic acid groups (broad SMARTS) is 1. The highest BCUT2D eigenvalue weighted by molar-refractivity contribution is 5.94. The number of anilines is 2. The summed E-state index contributed by atoms with van der Waals surface area (Å²) in [6.45, 7) is 2.11. The molecule has 76 valence electrons. The number of hydrogen-bond donors (Lipinski definition) is 3. The van der Waals surface area contributed by atoms with Crippen molar-refractivity contribution in [3.8, 4) is 5.75 Å². The van der Waals surface area contributed by atoms with Crippen LogP contribution >= 0.6 is 0 Å². The minimum absolute atomic E-state index is 0.00986. The van der Waals surface area contributed by atoms with Gasteiger partial charge in [-0.25, -0.2) is 4.79 Å². The first-order valence-corrected chi connectivity index (χ1v) is 4.11. The molecule has 0 atom stereocenters. The molecule has 5 heteroatoms. The van der Waals surface area contributed by atoms with Crippen molar-refractivity contribution in [3.63, 3.8) is 0 Å². The van der Waals surface area contributed by atoms with Gasteiger partial charge in [0.2, 0.25) is 0 Å². The molecule has 5 N–H and O–H groups in total. The van der Waals surface area contributed by atoms with Gasteiger partial charge in [0.15, 0.2) is 5.75 Å². The quantitative estimate of drug-likeness (QED) is 0.625. The summed E-state index contributed by atoms with van der Waals surface area (Å²) in [7, 11) is 0. The lowest BCUT2D eigenvalue weighted by atomic mass is 10.1. The Hall–Kier alpha value is -1.91. The summed E-state index contributed by atoms with van der Waals surface area (Å²) < 4.78 is 5.12. The fraction of sp³-hybridized carbons (Fsp3) is 0.222. The van der Waals surface area contributed by atoms with Crippen molar-refractivity contribution >= 4 is 17.3 Å². The summed E-state index contributed by atoms with van der Waals surface area (Å²) in [5.74, 6) is -0.929. The zero-order valence-electron chi connectivity index (χ0n) is 7.78. The topological polar surface area (TPSA) is 98.6 Å². The highest BCUT2D eigenvalue weighted by atomic mass is 16.5. The fourth-order valence-corrected chi connectivity index (χ4v) is 1.14. The van der Waals surface area contributed by atoms with E-state index >= 15 is 0 Å². The normalized spacial score (nSPS) is 9.79. The number of rotatable bonds is 3. The second-order valence-electron chi connectivity index (χ2n) is 2.72. The van der Waals surface area contributed by atoms with Crippen LogP contribution in [0.5, 0.6) is 5.75 Å². The molecule has 0 saturated carbocycles. The molecular formula is C9H12N2O3. The Morgan fingerprint density at radius 1 is 1.50 bits per heavy atom. The largest absolute Gasteiger partial charge is 0.491 e. The molecule has 0 unspecified atom stereocenters. The van der Waals surface area contributed by atoms with Gasteiger partial charge in [0.25, 0.3) is 0 Å². The molecule has 0 heterocycles. The van der Waals surface area contributed by atoms with Crippen molar-refractivity contribution in [2.75, 3.05) is 18.1 Å². The maximum atomic E-state index is 10.8. The van der Waals surface area contributed by atoms with Crippen molar-refractivity contribution < 1.29 is 14.6 Å². The number of ether oxygens (including phenoxy) is 1. The minimum Gasteiger partial charge on any atom is -0.491 e. The van der Waals surface area contributed by atoms with E-state index in [0.717, 1.165) is 0 Å². The van der Waals surface area contributed by atoms with Gasteiger partial charge in [-0.1, -0.05) is 0 Å². The average molecular weight is 196 g/mol. The van der Waals surface area contributed by atoms with E-state index in [1.807, 2.05) is 0 Å². The predicted molar refractivity (Wildman–Crippen MR) is 53.4 cm³/mol. The third kappa shape index (κ3) is 1.87. The predicted octanol–water partition coefficient (Wildman–Crippen LogP) is 0.948. The van der Waals surface area contributed by atoms with Crippen LogP contribution in [-0.4, -0.2) is 17.7 Å². The van der Waals surface area contributed by atoms with Crippen molar-refractivity contribution in [1.29, 1.82) is 0 Å². The molecule has 0 aromatic heterocycles. The van der Waals surface area contributed by atoms with E-state index in [0.29, 0.717) is 12.3 Å². The second-order valence-corrected chi connectivity index (χ2v) is 2.72. The molecule has 1 aromatic carbocycles.